The van der Waals surface area contributed by atoms with Gasteiger partial charge in [-0.05, 0) is 69.2 Å². The lowest BCUT2D eigenvalue weighted by Crippen LogP contribution is -2.61. The first kappa shape index (κ1) is 27.4. The van der Waals surface area contributed by atoms with Crippen molar-refractivity contribution < 1.29 is 4.42 Å². The standard InChI is InChI=1S/C46H29BN2O/c1-2-15-31(16-3-1)44-32-17-5-4-14-30(32)28-29-40(44)49-38-23-9-6-18-33(38)35-20-12-25-41-45(35)47(49)37-22-8-10-24-39(37)48(41)42-26-13-21-36-34-19-7-11-27-43(34)50-46(36)42/h1-29H. The molecule has 1 aromatic heterocycles. The lowest BCUT2D eigenvalue weighted by Gasteiger charge is -2.46. The molecular weight excluding hydrogens is 607 g/mol. The quantitative estimate of drug-likeness (QED) is 0.180. The van der Waals surface area contributed by atoms with Crippen molar-refractivity contribution in [2.75, 3.05) is 9.71 Å². The molecule has 0 N–H and O–H groups in total. The molecule has 4 heteroatoms. The van der Waals surface area contributed by atoms with Crippen LogP contribution in [0, 0.1) is 0 Å². The minimum atomic E-state index is -0.0675. The Morgan fingerprint density at radius 1 is 0.420 bits per heavy atom. The van der Waals surface area contributed by atoms with Gasteiger partial charge in [-0.15, -0.1) is 0 Å². The molecule has 3 heterocycles. The summed E-state index contributed by atoms with van der Waals surface area (Å²) in [6.07, 6.45) is 0. The van der Waals surface area contributed by atoms with Gasteiger partial charge in [0.25, 0.3) is 0 Å². The van der Waals surface area contributed by atoms with Crippen LogP contribution in [-0.4, -0.2) is 6.85 Å². The zero-order chi connectivity index (χ0) is 32.8. The number of furan rings is 1. The lowest BCUT2D eigenvalue weighted by atomic mass is 9.43. The monoisotopic (exact) mass is 636 g/mol. The van der Waals surface area contributed by atoms with Crippen LogP contribution in [0.25, 0.3) is 55.0 Å². The van der Waals surface area contributed by atoms with Gasteiger partial charge >= 0.3 is 6.85 Å². The number of para-hydroxylation sites is 4. The van der Waals surface area contributed by atoms with Crippen LogP contribution < -0.4 is 20.6 Å². The van der Waals surface area contributed by atoms with Crippen LogP contribution in [0.2, 0.25) is 0 Å². The van der Waals surface area contributed by atoms with E-state index in [1.807, 2.05) is 6.07 Å². The van der Waals surface area contributed by atoms with Gasteiger partial charge in [0, 0.05) is 44.6 Å². The minimum absolute atomic E-state index is 0.0675. The Morgan fingerprint density at radius 3 is 2.00 bits per heavy atom. The third-order valence-corrected chi connectivity index (χ3v) is 10.6. The SMILES string of the molecule is c1ccc(-c2c(N3B4c5ccccc5N(c5cccc6c5oc5ccccc56)c5cccc(c54)-c4ccccc43)ccc3ccccc23)cc1. The molecule has 0 unspecified atom stereocenters. The molecule has 0 amide bonds. The molecule has 232 valence electrons. The van der Waals surface area contributed by atoms with Crippen LogP contribution in [0.3, 0.4) is 0 Å². The Hall–Kier alpha value is -6.52. The predicted octanol–water partition coefficient (Wildman–Crippen LogP) is 11.1. The molecule has 0 bridgehead atoms. The highest BCUT2D eigenvalue weighted by Gasteiger charge is 2.45. The van der Waals surface area contributed by atoms with E-state index in [1.165, 1.54) is 61.0 Å². The molecule has 0 saturated carbocycles. The first-order valence-electron chi connectivity index (χ1n) is 17.2. The number of hydrogen-bond donors (Lipinski definition) is 0. The molecule has 0 aliphatic carbocycles. The molecule has 0 saturated heterocycles. The fourth-order valence-electron chi connectivity index (χ4n) is 8.60. The Labute approximate surface area is 290 Å². The van der Waals surface area contributed by atoms with E-state index in [0.717, 1.165) is 33.3 Å². The average Bonchev–Trinajstić information content (AvgIpc) is 3.57. The van der Waals surface area contributed by atoms with E-state index in [0.29, 0.717) is 0 Å². The largest absolute Gasteiger partial charge is 0.454 e. The Morgan fingerprint density at radius 2 is 1.08 bits per heavy atom. The fourth-order valence-corrected chi connectivity index (χ4v) is 8.60. The Bertz CT molecular complexity index is 2800. The maximum Gasteiger partial charge on any atom is 0.333 e. The smallest absolute Gasteiger partial charge is 0.333 e. The zero-order valence-corrected chi connectivity index (χ0v) is 27.1. The molecule has 0 spiro atoms. The number of hydrogen-bond acceptors (Lipinski definition) is 3. The normalized spacial score (nSPS) is 13.1. The maximum atomic E-state index is 6.66. The summed E-state index contributed by atoms with van der Waals surface area (Å²) in [6.45, 7) is -0.0675. The van der Waals surface area contributed by atoms with Crippen molar-refractivity contribution in [1.29, 1.82) is 0 Å². The van der Waals surface area contributed by atoms with Crippen molar-refractivity contribution >= 4 is 78.9 Å². The first-order valence-corrected chi connectivity index (χ1v) is 17.2. The summed E-state index contributed by atoms with van der Waals surface area (Å²) < 4.78 is 6.66. The molecule has 3 nitrogen and oxygen atoms in total. The number of benzene rings is 8. The van der Waals surface area contributed by atoms with E-state index in [1.54, 1.807) is 0 Å². The highest BCUT2D eigenvalue weighted by molar-refractivity contribution is 6.93. The van der Waals surface area contributed by atoms with Crippen molar-refractivity contribution in [3.8, 4) is 22.3 Å². The summed E-state index contributed by atoms with van der Waals surface area (Å²) in [7, 11) is 0. The molecule has 50 heavy (non-hydrogen) atoms. The third kappa shape index (κ3) is 3.76. The van der Waals surface area contributed by atoms with Crippen LogP contribution in [-0.2, 0) is 0 Å². The number of nitrogens with zero attached hydrogens (tertiary/aromatic N) is 2. The molecule has 9 aromatic rings. The van der Waals surface area contributed by atoms with E-state index >= 15 is 0 Å². The summed E-state index contributed by atoms with van der Waals surface area (Å²) in [6, 6.07) is 63.8. The molecule has 0 radical (unpaired) electrons. The van der Waals surface area contributed by atoms with Gasteiger partial charge in [0.15, 0.2) is 5.58 Å². The molecule has 2 aliphatic heterocycles. The summed E-state index contributed by atoms with van der Waals surface area (Å²) in [5.41, 5.74) is 15.0. The van der Waals surface area contributed by atoms with Crippen LogP contribution in [0.1, 0.15) is 0 Å². The molecule has 0 atom stereocenters. The highest BCUT2D eigenvalue weighted by atomic mass is 16.3. The lowest BCUT2D eigenvalue weighted by molar-refractivity contribution is 0.669. The second kappa shape index (κ2) is 10.5. The Balaban J connectivity index is 1.24. The second-order valence-corrected chi connectivity index (χ2v) is 13.2. The van der Waals surface area contributed by atoms with Crippen LogP contribution in [0.15, 0.2) is 180 Å². The van der Waals surface area contributed by atoms with Gasteiger partial charge in [0.2, 0.25) is 0 Å². The highest BCUT2D eigenvalue weighted by Crippen LogP contribution is 2.50. The summed E-state index contributed by atoms with van der Waals surface area (Å²) in [4.78, 5) is 5.04. The molecule has 2 aliphatic rings. The van der Waals surface area contributed by atoms with Crippen LogP contribution >= 0.6 is 0 Å². The molecule has 11 rings (SSSR count). The topological polar surface area (TPSA) is 19.6 Å². The number of rotatable bonds is 3. The van der Waals surface area contributed by atoms with Crippen LogP contribution in [0.4, 0.5) is 28.4 Å². The van der Waals surface area contributed by atoms with E-state index in [2.05, 4.69) is 180 Å². The van der Waals surface area contributed by atoms with Gasteiger partial charge in [0.05, 0.1) is 5.69 Å². The number of anilines is 5. The van der Waals surface area contributed by atoms with Crippen molar-refractivity contribution in [2.24, 2.45) is 0 Å². The van der Waals surface area contributed by atoms with E-state index < -0.39 is 0 Å². The van der Waals surface area contributed by atoms with Gasteiger partial charge in [-0.1, -0.05) is 140 Å². The molecule has 8 aromatic carbocycles. The fraction of sp³-hybridized carbons (Fsp3) is 0. The van der Waals surface area contributed by atoms with Crippen molar-refractivity contribution in [2.45, 2.75) is 0 Å². The maximum absolute atomic E-state index is 6.66. The van der Waals surface area contributed by atoms with Gasteiger partial charge in [-0.2, -0.15) is 0 Å². The van der Waals surface area contributed by atoms with Gasteiger partial charge in [0.1, 0.15) is 5.58 Å². The van der Waals surface area contributed by atoms with Crippen molar-refractivity contribution in [1.82, 2.24) is 0 Å². The minimum Gasteiger partial charge on any atom is -0.454 e. The van der Waals surface area contributed by atoms with Gasteiger partial charge in [-0.25, -0.2) is 0 Å². The van der Waals surface area contributed by atoms with E-state index in [9.17, 15) is 0 Å². The van der Waals surface area contributed by atoms with Gasteiger partial charge < -0.3 is 14.1 Å². The molecular formula is C46H29BN2O. The zero-order valence-electron chi connectivity index (χ0n) is 27.1. The first-order chi connectivity index (χ1) is 24.8. The van der Waals surface area contributed by atoms with E-state index in [4.69, 9.17) is 4.42 Å². The van der Waals surface area contributed by atoms with Crippen molar-refractivity contribution in [3.05, 3.63) is 176 Å². The summed E-state index contributed by atoms with van der Waals surface area (Å²) in [5, 5.41) is 4.73. The average molecular weight is 637 g/mol. The molecule has 0 fully saturated rings. The summed E-state index contributed by atoms with van der Waals surface area (Å²) >= 11 is 0. The van der Waals surface area contributed by atoms with Crippen molar-refractivity contribution in [3.63, 3.8) is 0 Å². The van der Waals surface area contributed by atoms with E-state index in [-0.39, 0.29) is 6.85 Å². The van der Waals surface area contributed by atoms with Gasteiger partial charge in [-0.3, -0.25) is 0 Å². The Kier molecular flexibility index (Phi) is 5.76. The van der Waals surface area contributed by atoms with Crippen LogP contribution in [0.5, 0.6) is 0 Å². The second-order valence-electron chi connectivity index (χ2n) is 13.2. The predicted molar refractivity (Wildman–Crippen MR) is 210 cm³/mol. The third-order valence-electron chi connectivity index (χ3n) is 10.6. The number of fused-ring (bicyclic) bond motifs is 8. The summed E-state index contributed by atoms with van der Waals surface area (Å²) in [5.74, 6) is 0.